The van der Waals surface area contributed by atoms with Gasteiger partial charge in [0.15, 0.2) is 0 Å². The number of carbonyl (C=O) groups is 2. The Kier molecular flexibility index (Phi) is 4.65. The summed E-state index contributed by atoms with van der Waals surface area (Å²) >= 11 is 0. The summed E-state index contributed by atoms with van der Waals surface area (Å²) in [7, 11) is 0. The number of amides is 2. The number of rotatable bonds is 3. The highest BCUT2D eigenvalue weighted by Gasteiger charge is 2.32. The van der Waals surface area contributed by atoms with Gasteiger partial charge in [-0.25, -0.2) is 0 Å². The second-order valence-electron chi connectivity index (χ2n) is 6.33. The highest BCUT2D eigenvalue weighted by molar-refractivity contribution is 6.02. The number of nitrogens with two attached hydrogens (primary N) is 1. The number of aryl methyl sites for hydroxylation is 1. The van der Waals surface area contributed by atoms with Crippen LogP contribution >= 0.6 is 0 Å². The molecule has 3 rings (SSSR count). The van der Waals surface area contributed by atoms with Gasteiger partial charge in [0.25, 0.3) is 5.91 Å². The third kappa shape index (κ3) is 3.18. The summed E-state index contributed by atoms with van der Waals surface area (Å²) in [5.41, 5.74) is 9.17. The zero-order valence-electron chi connectivity index (χ0n) is 13.9. The first-order valence-electron chi connectivity index (χ1n) is 8.34. The number of likely N-dealkylation sites (tertiary alicyclic amines) is 1. The molecule has 0 aliphatic carbocycles. The number of nitrogens with zero attached hydrogens (tertiary/aromatic N) is 1. The normalized spacial score (nSPS) is 17.5. The summed E-state index contributed by atoms with van der Waals surface area (Å²) in [6.07, 6.45) is 2.48. The first-order chi connectivity index (χ1) is 11.6. The molecule has 1 aliphatic rings. The molecule has 4 nitrogen and oxygen atoms in total. The van der Waals surface area contributed by atoms with Crippen LogP contribution in [0, 0.1) is 6.92 Å². The first kappa shape index (κ1) is 16.2. The topological polar surface area (TPSA) is 63.4 Å². The summed E-state index contributed by atoms with van der Waals surface area (Å²) in [5.74, 6) is -0.535. The van der Waals surface area contributed by atoms with Crippen LogP contribution in [0.25, 0.3) is 11.1 Å². The van der Waals surface area contributed by atoms with Crippen molar-refractivity contribution in [3.05, 3.63) is 59.7 Å². The van der Waals surface area contributed by atoms with Crippen LogP contribution in [-0.2, 0) is 4.79 Å². The van der Waals surface area contributed by atoms with Gasteiger partial charge in [0.1, 0.15) is 6.04 Å². The molecule has 0 unspecified atom stereocenters. The number of primary amides is 1. The number of hydrogen-bond acceptors (Lipinski definition) is 2. The summed E-state index contributed by atoms with van der Waals surface area (Å²) < 4.78 is 0. The molecule has 0 spiro atoms. The fourth-order valence-corrected chi connectivity index (χ4v) is 3.36. The molecule has 24 heavy (non-hydrogen) atoms. The minimum absolute atomic E-state index is 0.115. The second kappa shape index (κ2) is 6.87. The molecule has 0 saturated carbocycles. The van der Waals surface area contributed by atoms with E-state index >= 15 is 0 Å². The van der Waals surface area contributed by atoms with Crippen molar-refractivity contribution in [2.24, 2.45) is 5.73 Å². The Morgan fingerprint density at radius 1 is 1.08 bits per heavy atom. The van der Waals surface area contributed by atoms with Crippen LogP contribution in [0.4, 0.5) is 0 Å². The van der Waals surface area contributed by atoms with Gasteiger partial charge in [-0.05, 0) is 43.4 Å². The lowest BCUT2D eigenvalue weighted by atomic mass is 9.95. The zero-order chi connectivity index (χ0) is 17.1. The van der Waals surface area contributed by atoms with Crippen molar-refractivity contribution in [1.29, 1.82) is 0 Å². The van der Waals surface area contributed by atoms with Crippen molar-refractivity contribution in [1.82, 2.24) is 4.90 Å². The predicted molar refractivity (Wildman–Crippen MR) is 94.5 cm³/mol. The van der Waals surface area contributed by atoms with Gasteiger partial charge in [0.05, 0.1) is 0 Å². The Morgan fingerprint density at radius 3 is 2.62 bits per heavy atom. The number of hydrogen-bond donors (Lipinski definition) is 1. The molecular formula is C20H22N2O2. The van der Waals surface area contributed by atoms with Crippen LogP contribution in [0.3, 0.4) is 0 Å². The van der Waals surface area contributed by atoms with Crippen LogP contribution < -0.4 is 5.73 Å². The molecule has 1 heterocycles. The molecule has 0 aromatic heterocycles. The van der Waals surface area contributed by atoms with Crippen molar-refractivity contribution in [2.75, 3.05) is 6.54 Å². The van der Waals surface area contributed by atoms with E-state index in [1.807, 2.05) is 49.4 Å². The van der Waals surface area contributed by atoms with Gasteiger partial charge in [-0.2, -0.15) is 0 Å². The van der Waals surface area contributed by atoms with E-state index in [0.717, 1.165) is 29.5 Å². The van der Waals surface area contributed by atoms with Gasteiger partial charge in [-0.15, -0.1) is 0 Å². The van der Waals surface area contributed by atoms with Crippen LogP contribution in [0.1, 0.15) is 35.2 Å². The SMILES string of the molecule is Cc1cccc(-c2ccccc2C(=O)N2CCCC[C@@H]2C(N)=O)c1. The molecule has 1 atom stereocenters. The average Bonchev–Trinajstić information content (AvgIpc) is 2.61. The molecule has 1 saturated heterocycles. The maximum absolute atomic E-state index is 13.1. The first-order valence-corrected chi connectivity index (χ1v) is 8.34. The standard InChI is InChI=1S/C20H22N2O2/c1-14-7-6-8-15(13-14)16-9-2-3-10-17(16)20(24)22-12-5-4-11-18(22)19(21)23/h2-3,6-10,13,18H,4-5,11-12H2,1H3,(H2,21,23)/t18-/m1/s1. The number of benzene rings is 2. The minimum atomic E-state index is -0.503. The zero-order valence-corrected chi connectivity index (χ0v) is 13.9. The van der Waals surface area contributed by atoms with Gasteiger partial charge < -0.3 is 10.6 Å². The lowest BCUT2D eigenvalue weighted by molar-refractivity contribution is -0.123. The highest BCUT2D eigenvalue weighted by Crippen LogP contribution is 2.27. The maximum Gasteiger partial charge on any atom is 0.255 e. The van der Waals surface area contributed by atoms with Crippen LogP contribution in [0.15, 0.2) is 48.5 Å². The third-order valence-electron chi connectivity index (χ3n) is 4.58. The van der Waals surface area contributed by atoms with E-state index in [0.29, 0.717) is 18.5 Å². The fourth-order valence-electron chi connectivity index (χ4n) is 3.36. The molecule has 1 aliphatic heterocycles. The van der Waals surface area contributed by atoms with Gasteiger partial charge >= 0.3 is 0 Å². The molecule has 0 bridgehead atoms. The third-order valence-corrected chi connectivity index (χ3v) is 4.58. The van der Waals surface area contributed by atoms with E-state index in [9.17, 15) is 9.59 Å². The van der Waals surface area contributed by atoms with Crippen molar-refractivity contribution in [3.63, 3.8) is 0 Å². The minimum Gasteiger partial charge on any atom is -0.368 e. The Balaban J connectivity index is 2.00. The Morgan fingerprint density at radius 2 is 1.88 bits per heavy atom. The predicted octanol–water partition coefficient (Wildman–Crippen LogP) is 3.14. The van der Waals surface area contributed by atoms with Crippen molar-refractivity contribution < 1.29 is 9.59 Å². The lowest BCUT2D eigenvalue weighted by Crippen LogP contribution is -2.50. The Hall–Kier alpha value is -2.62. The van der Waals surface area contributed by atoms with E-state index in [1.165, 1.54) is 0 Å². The van der Waals surface area contributed by atoms with E-state index in [1.54, 1.807) is 4.90 Å². The van der Waals surface area contributed by atoms with Gasteiger partial charge in [-0.3, -0.25) is 9.59 Å². The number of carbonyl (C=O) groups excluding carboxylic acids is 2. The molecule has 2 aromatic rings. The molecular weight excluding hydrogens is 300 g/mol. The van der Waals surface area contributed by atoms with Gasteiger partial charge in [0, 0.05) is 12.1 Å². The largest absolute Gasteiger partial charge is 0.368 e. The molecule has 2 aromatic carbocycles. The fraction of sp³-hybridized carbons (Fsp3) is 0.300. The van der Waals surface area contributed by atoms with Crippen molar-refractivity contribution >= 4 is 11.8 Å². The number of piperidine rings is 1. The van der Waals surface area contributed by atoms with Crippen LogP contribution in [0.2, 0.25) is 0 Å². The summed E-state index contributed by atoms with van der Waals surface area (Å²) in [4.78, 5) is 26.5. The van der Waals surface area contributed by atoms with E-state index in [2.05, 4.69) is 6.07 Å². The summed E-state index contributed by atoms with van der Waals surface area (Å²) in [6.45, 7) is 2.61. The molecule has 4 heteroatoms. The lowest BCUT2D eigenvalue weighted by Gasteiger charge is -2.34. The quantitative estimate of drug-likeness (QED) is 0.943. The van der Waals surface area contributed by atoms with E-state index < -0.39 is 11.9 Å². The molecule has 2 amide bonds. The van der Waals surface area contributed by atoms with Crippen LogP contribution in [-0.4, -0.2) is 29.3 Å². The maximum atomic E-state index is 13.1. The van der Waals surface area contributed by atoms with Gasteiger partial charge in [0.2, 0.25) is 5.91 Å². The monoisotopic (exact) mass is 322 g/mol. The Labute approximate surface area is 142 Å². The van der Waals surface area contributed by atoms with Crippen molar-refractivity contribution in [3.8, 4) is 11.1 Å². The molecule has 124 valence electrons. The van der Waals surface area contributed by atoms with Crippen LogP contribution in [0.5, 0.6) is 0 Å². The molecule has 0 radical (unpaired) electrons. The Bertz CT molecular complexity index is 770. The molecule has 1 fully saturated rings. The second-order valence-corrected chi connectivity index (χ2v) is 6.33. The van der Waals surface area contributed by atoms with E-state index in [-0.39, 0.29) is 5.91 Å². The molecule has 2 N–H and O–H groups in total. The smallest absolute Gasteiger partial charge is 0.255 e. The highest BCUT2D eigenvalue weighted by atomic mass is 16.2. The van der Waals surface area contributed by atoms with E-state index in [4.69, 9.17) is 5.73 Å². The van der Waals surface area contributed by atoms with Gasteiger partial charge in [-0.1, -0.05) is 48.0 Å². The van der Waals surface area contributed by atoms with Crippen molar-refractivity contribution in [2.45, 2.75) is 32.2 Å². The summed E-state index contributed by atoms with van der Waals surface area (Å²) in [5, 5.41) is 0. The summed E-state index contributed by atoms with van der Waals surface area (Å²) in [6, 6.07) is 15.1. The average molecular weight is 322 g/mol.